The number of hydrogen-bond acceptors (Lipinski definition) is 7. The highest BCUT2D eigenvalue weighted by Gasteiger charge is 2.19. The lowest BCUT2D eigenvalue weighted by atomic mass is 10.1. The number of carbonyl (C=O) groups is 1. The van der Waals surface area contributed by atoms with Crippen molar-refractivity contribution < 1.29 is 9.21 Å². The summed E-state index contributed by atoms with van der Waals surface area (Å²) >= 11 is 15.0. The SMILES string of the molecule is Cc1ccc(Cc2cnc(NC(=O)CSc3nnc(-c4ccco4)n3-c3ccc(Cl)cc3)s2)cc1Cl. The van der Waals surface area contributed by atoms with Gasteiger partial charge in [-0.05, 0) is 60.5 Å². The maximum Gasteiger partial charge on any atom is 0.236 e. The summed E-state index contributed by atoms with van der Waals surface area (Å²) < 4.78 is 7.36. The van der Waals surface area contributed by atoms with E-state index in [2.05, 4.69) is 20.5 Å². The third kappa shape index (κ3) is 5.65. The molecule has 1 amide bonds. The lowest BCUT2D eigenvalue weighted by Gasteiger charge is -2.09. The van der Waals surface area contributed by atoms with Crippen molar-refractivity contribution in [1.82, 2.24) is 19.7 Å². The van der Waals surface area contributed by atoms with Gasteiger partial charge in [-0.25, -0.2) is 4.98 Å². The van der Waals surface area contributed by atoms with Crippen LogP contribution in [0.25, 0.3) is 17.3 Å². The Bertz CT molecular complexity index is 1500. The second kappa shape index (κ2) is 10.9. The number of carbonyl (C=O) groups excluding carboxylic acids is 1. The summed E-state index contributed by atoms with van der Waals surface area (Å²) in [7, 11) is 0. The van der Waals surface area contributed by atoms with E-state index >= 15 is 0 Å². The fourth-order valence-electron chi connectivity index (χ4n) is 3.43. The topological polar surface area (TPSA) is 85.8 Å². The molecule has 0 saturated heterocycles. The first kappa shape index (κ1) is 24.6. The minimum absolute atomic E-state index is 0.131. The number of furan rings is 1. The number of anilines is 1. The number of nitrogens with one attached hydrogen (secondary N) is 1. The number of halogens is 2. The van der Waals surface area contributed by atoms with Crippen molar-refractivity contribution in [2.45, 2.75) is 18.5 Å². The van der Waals surface area contributed by atoms with Crippen LogP contribution in [0, 0.1) is 6.92 Å². The van der Waals surface area contributed by atoms with Gasteiger partial charge in [0.25, 0.3) is 0 Å². The molecule has 2 aromatic carbocycles. The molecule has 7 nitrogen and oxygen atoms in total. The zero-order chi connectivity index (χ0) is 25.1. The normalized spacial score (nSPS) is 11.1. The zero-order valence-corrected chi connectivity index (χ0v) is 22.1. The highest BCUT2D eigenvalue weighted by molar-refractivity contribution is 7.99. The molecular weight excluding hydrogens is 537 g/mol. The molecule has 0 fully saturated rings. The van der Waals surface area contributed by atoms with E-state index in [1.165, 1.54) is 23.1 Å². The van der Waals surface area contributed by atoms with Crippen molar-refractivity contribution in [2.24, 2.45) is 0 Å². The number of benzene rings is 2. The smallest absolute Gasteiger partial charge is 0.236 e. The average Bonchev–Trinajstić information content (AvgIpc) is 3.62. The fourth-order valence-corrected chi connectivity index (χ4v) is 5.38. The Morgan fingerprint density at radius 3 is 2.72 bits per heavy atom. The lowest BCUT2D eigenvalue weighted by Crippen LogP contribution is -2.14. The second-order valence-electron chi connectivity index (χ2n) is 7.82. The maximum atomic E-state index is 12.7. The molecule has 0 radical (unpaired) electrons. The minimum atomic E-state index is -0.190. The molecule has 0 aliphatic carbocycles. The van der Waals surface area contributed by atoms with Gasteiger partial charge in [0.1, 0.15) is 0 Å². The van der Waals surface area contributed by atoms with Crippen molar-refractivity contribution in [3.63, 3.8) is 0 Å². The van der Waals surface area contributed by atoms with Gasteiger partial charge in [0.15, 0.2) is 16.0 Å². The molecule has 0 bridgehead atoms. The number of amides is 1. The first-order chi connectivity index (χ1) is 17.5. The third-order valence-electron chi connectivity index (χ3n) is 5.21. The van der Waals surface area contributed by atoms with E-state index in [9.17, 15) is 4.79 Å². The number of hydrogen-bond donors (Lipinski definition) is 1. The predicted octanol–water partition coefficient (Wildman–Crippen LogP) is 6.92. The largest absolute Gasteiger partial charge is 0.461 e. The third-order valence-corrected chi connectivity index (χ3v) is 7.71. The van der Waals surface area contributed by atoms with Crippen LogP contribution in [0.2, 0.25) is 10.0 Å². The van der Waals surface area contributed by atoms with Crippen LogP contribution in [0.1, 0.15) is 16.0 Å². The molecule has 182 valence electrons. The molecular formula is C25H19Cl2N5O2S2. The van der Waals surface area contributed by atoms with Crippen molar-refractivity contribution in [1.29, 1.82) is 0 Å². The van der Waals surface area contributed by atoms with Gasteiger partial charge in [0.2, 0.25) is 11.7 Å². The van der Waals surface area contributed by atoms with Crippen LogP contribution < -0.4 is 5.32 Å². The van der Waals surface area contributed by atoms with E-state index in [1.54, 1.807) is 30.7 Å². The maximum absolute atomic E-state index is 12.7. The van der Waals surface area contributed by atoms with Crippen molar-refractivity contribution in [3.8, 4) is 17.3 Å². The molecule has 0 atom stereocenters. The van der Waals surface area contributed by atoms with Gasteiger partial charge in [-0.2, -0.15) is 0 Å². The van der Waals surface area contributed by atoms with Gasteiger partial charge >= 0.3 is 0 Å². The van der Waals surface area contributed by atoms with E-state index in [1.807, 2.05) is 47.9 Å². The van der Waals surface area contributed by atoms with Gasteiger partial charge < -0.3 is 9.73 Å². The van der Waals surface area contributed by atoms with Crippen molar-refractivity contribution >= 4 is 57.3 Å². The molecule has 0 aliphatic heterocycles. The molecule has 0 spiro atoms. The van der Waals surface area contributed by atoms with Crippen LogP contribution in [0.4, 0.5) is 5.13 Å². The van der Waals surface area contributed by atoms with E-state index in [0.717, 1.165) is 26.7 Å². The highest BCUT2D eigenvalue weighted by atomic mass is 35.5. The number of thiazole rings is 1. The molecule has 36 heavy (non-hydrogen) atoms. The van der Waals surface area contributed by atoms with Gasteiger partial charge in [-0.3, -0.25) is 9.36 Å². The summed E-state index contributed by atoms with van der Waals surface area (Å²) in [6.07, 6.45) is 4.04. The molecule has 5 rings (SSSR count). The van der Waals surface area contributed by atoms with Crippen LogP contribution in [0.15, 0.2) is 76.6 Å². The first-order valence-corrected chi connectivity index (χ1v) is 13.4. The Balaban J connectivity index is 1.26. The van der Waals surface area contributed by atoms with Crippen LogP contribution in [0.5, 0.6) is 0 Å². The van der Waals surface area contributed by atoms with Crippen LogP contribution in [-0.2, 0) is 11.2 Å². The molecule has 5 aromatic rings. The van der Waals surface area contributed by atoms with Gasteiger partial charge in [-0.15, -0.1) is 21.5 Å². The summed E-state index contributed by atoms with van der Waals surface area (Å²) in [5, 5.41) is 13.9. The predicted molar refractivity (Wildman–Crippen MR) is 145 cm³/mol. The number of nitrogens with zero attached hydrogens (tertiary/aromatic N) is 4. The molecule has 3 aromatic heterocycles. The Morgan fingerprint density at radius 2 is 1.97 bits per heavy atom. The Morgan fingerprint density at radius 1 is 1.14 bits per heavy atom. The number of aromatic nitrogens is 4. The summed E-state index contributed by atoms with van der Waals surface area (Å²) in [4.78, 5) is 18.1. The standard InChI is InChI=1S/C25H19Cl2N5O2S2/c1-15-4-5-16(12-20(15)27)11-19-13-28-24(36-19)29-22(33)14-35-25-31-30-23(21-3-2-10-34-21)32(25)18-8-6-17(26)7-9-18/h2-10,12-13H,11,14H2,1H3,(H,28,29,33). The van der Waals surface area contributed by atoms with Crippen LogP contribution in [-0.4, -0.2) is 31.4 Å². The molecule has 0 aliphatic rings. The van der Waals surface area contributed by atoms with Crippen LogP contribution in [0.3, 0.4) is 0 Å². The second-order valence-corrected chi connectivity index (χ2v) is 10.7. The monoisotopic (exact) mass is 555 g/mol. The summed E-state index contributed by atoms with van der Waals surface area (Å²) in [6.45, 7) is 1.97. The van der Waals surface area contributed by atoms with Gasteiger partial charge in [0, 0.05) is 33.2 Å². The lowest BCUT2D eigenvalue weighted by molar-refractivity contribution is -0.113. The molecule has 0 saturated carbocycles. The van der Waals surface area contributed by atoms with Crippen molar-refractivity contribution in [3.05, 3.63) is 93.1 Å². The van der Waals surface area contributed by atoms with Crippen LogP contribution >= 0.6 is 46.3 Å². The number of rotatable bonds is 8. The van der Waals surface area contributed by atoms with Crippen molar-refractivity contribution in [2.75, 3.05) is 11.1 Å². The molecule has 0 unspecified atom stereocenters. The number of aryl methyl sites for hydroxylation is 1. The Hall–Kier alpha value is -3.11. The quantitative estimate of drug-likeness (QED) is 0.209. The van der Waals surface area contributed by atoms with Gasteiger partial charge in [-0.1, -0.05) is 47.1 Å². The van der Waals surface area contributed by atoms with E-state index < -0.39 is 0 Å². The molecule has 3 heterocycles. The van der Waals surface area contributed by atoms with E-state index in [4.69, 9.17) is 27.6 Å². The molecule has 1 N–H and O–H groups in total. The summed E-state index contributed by atoms with van der Waals surface area (Å²) in [5.41, 5.74) is 2.94. The average molecular weight is 557 g/mol. The van der Waals surface area contributed by atoms with Gasteiger partial charge in [0.05, 0.1) is 12.0 Å². The minimum Gasteiger partial charge on any atom is -0.461 e. The highest BCUT2D eigenvalue weighted by Crippen LogP contribution is 2.29. The fraction of sp³-hybridized carbons (Fsp3) is 0.120. The summed E-state index contributed by atoms with van der Waals surface area (Å²) in [6, 6.07) is 16.9. The van der Waals surface area contributed by atoms with E-state index in [0.29, 0.717) is 33.3 Å². The first-order valence-electron chi connectivity index (χ1n) is 10.8. The Kier molecular flexibility index (Phi) is 7.43. The zero-order valence-electron chi connectivity index (χ0n) is 18.9. The Labute approximate surface area is 225 Å². The van der Waals surface area contributed by atoms with E-state index in [-0.39, 0.29) is 11.7 Å². The molecule has 11 heteroatoms. The summed E-state index contributed by atoms with van der Waals surface area (Å²) in [5.74, 6) is 1.04. The number of thioether (sulfide) groups is 1.